The maximum atomic E-state index is 13.7. The van der Waals surface area contributed by atoms with E-state index in [1.165, 1.54) is 0 Å². The van der Waals surface area contributed by atoms with E-state index in [0.717, 1.165) is 16.7 Å². The molecule has 0 radical (unpaired) electrons. The number of nitrogens with zero attached hydrogens (tertiary/aromatic N) is 1. The van der Waals surface area contributed by atoms with Crippen LogP contribution in [0.4, 0.5) is 0 Å². The average Bonchev–Trinajstić information content (AvgIpc) is 3.16. The van der Waals surface area contributed by atoms with Crippen LogP contribution in [0.3, 0.4) is 0 Å². The monoisotopic (exact) mass is 523 g/mol. The van der Waals surface area contributed by atoms with Gasteiger partial charge in [0.1, 0.15) is 5.58 Å². The van der Waals surface area contributed by atoms with Gasteiger partial charge in [0.15, 0.2) is 16.9 Å². The van der Waals surface area contributed by atoms with Crippen molar-refractivity contribution in [3.63, 3.8) is 0 Å². The molecule has 1 atom stereocenters. The lowest BCUT2D eigenvalue weighted by molar-refractivity contribution is 0.0730. The van der Waals surface area contributed by atoms with Crippen molar-refractivity contribution in [2.45, 2.75) is 19.4 Å². The number of carbonyl (C=O) groups is 1. The molecule has 1 aliphatic heterocycles. The van der Waals surface area contributed by atoms with Crippen molar-refractivity contribution in [1.82, 2.24) is 4.90 Å². The Morgan fingerprint density at radius 1 is 0.944 bits per heavy atom. The van der Waals surface area contributed by atoms with Crippen molar-refractivity contribution in [1.29, 1.82) is 0 Å². The lowest BCUT2D eigenvalue weighted by atomic mass is 9.98. The molecule has 5 rings (SSSR count). The Morgan fingerprint density at radius 2 is 1.67 bits per heavy atom. The van der Waals surface area contributed by atoms with E-state index in [-0.39, 0.29) is 17.1 Å². The fraction of sp³-hybridized carbons (Fsp3) is 0.214. The van der Waals surface area contributed by atoms with Gasteiger partial charge in [-0.05, 0) is 66.4 Å². The zero-order valence-electron chi connectivity index (χ0n) is 19.9. The Labute approximate surface area is 217 Å². The van der Waals surface area contributed by atoms with Gasteiger partial charge in [-0.25, -0.2) is 0 Å². The highest BCUT2D eigenvalue weighted by Crippen LogP contribution is 2.39. The van der Waals surface area contributed by atoms with Crippen LogP contribution >= 0.6 is 23.2 Å². The van der Waals surface area contributed by atoms with Gasteiger partial charge < -0.3 is 18.8 Å². The minimum atomic E-state index is -0.620. The van der Waals surface area contributed by atoms with Gasteiger partial charge in [-0.15, -0.1) is 0 Å². The highest BCUT2D eigenvalue weighted by Gasteiger charge is 2.42. The van der Waals surface area contributed by atoms with E-state index in [4.69, 9.17) is 37.1 Å². The van der Waals surface area contributed by atoms with Crippen LogP contribution in [0.5, 0.6) is 11.5 Å². The van der Waals surface area contributed by atoms with Crippen LogP contribution in [0.25, 0.3) is 11.0 Å². The summed E-state index contributed by atoms with van der Waals surface area (Å²) in [4.78, 5) is 29.0. The van der Waals surface area contributed by atoms with E-state index in [0.29, 0.717) is 51.0 Å². The summed E-state index contributed by atoms with van der Waals surface area (Å²) in [5.41, 5.74) is 2.86. The molecule has 0 spiro atoms. The Hall–Kier alpha value is -3.48. The third-order valence-electron chi connectivity index (χ3n) is 6.52. The molecule has 184 valence electrons. The number of amides is 1. The van der Waals surface area contributed by atoms with Crippen LogP contribution in [0.15, 0.2) is 63.8 Å². The predicted octanol–water partition coefficient (Wildman–Crippen LogP) is 6.21. The molecule has 0 saturated carbocycles. The molecule has 6 nitrogen and oxygen atoms in total. The Bertz CT molecular complexity index is 1540. The third kappa shape index (κ3) is 4.10. The molecule has 4 aromatic rings. The maximum absolute atomic E-state index is 13.7. The topological polar surface area (TPSA) is 69.0 Å². The summed E-state index contributed by atoms with van der Waals surface area (Å²) in [6.45, 7) is 2.17. The summed E-state index contributed by atoms with van der Waals surface area (Å²) in [6, 6.07) is 15.4. The van der Waals surface area contributed by atoms with Crippen molar-refractivity contribution in [3.8, 4) is 11.5 Å². The summed E-state index contributed by atoms with van der Waals surface area (Å²) in [5, 5.41) is 1.37. The number of carbonyl (C=O) groups excluding carboxylic acids is 1. The number of fused-ring (bicyclic) bond motifs is 2. The van der Waals surface area contributed by atoms with Gasteiger partial charge in [-0.1, -0.05) is 41.4 Å². The molecular weight excluding hydrogens is 501 g/mol. The summed E-state index contributed by atoms with van der Waals surface area (Å²) >= 11 is 12.4. The second kappa shape index (κ2) is 9.52. The molecule has 3 aromatic carbocycles. The molecule has 36 heavy (non-hydrogen) atoms. The third-order valence-corrected chi connectivity index (χ3v) is 7.18. The number of ether oxygens (including phenoxy) is 2. The molecule has 0 fully saturated rings. The molecular formula is C28H23Cl2NO5. The summed E-state index contributed by atoms with van der Waals surface area (Å²) < 4.78 is 16.8. The SMILES string of the molecule is COc1ccc(CCN2C(=O)c3oc4cc(C)c(Cl)cc4c(=O)c3C2c2ccc(Cl)cc2)cc1OC. The molecule has 2 heterocycles. The normalized spacial score (nSPS) is 14.9. The van der Waals surface area contributed by atoms with Crippen molar-refractivity contribution in [3.05, 3.63) is 103 Å². The lowest BCUT2D eigenvalue weighted by Crippen LogP contribution is -2.31. The Balaban J connectivity index is 1.60. The first-order chi connectivity index (χ1) is 17.3. The molecule has 0 saturated heterocycles. The van der Waals surface area contributed by atoms with Crippen molar-refractivity contribution >= 4 is 40.1 Å². The standard InChI is InChI=1S/C28H23Cl2NO5/c1-15-12-22-19(14-20(15)30)26(32)24-25(17-5-7-18(29)8-6-17)31(28(33)27(24)36-22)11-10-16-4-9-21(34-2)23(13-16)35-3/h4-9,12-14,25H,10-11H2,1-3H3. The van der Waals surface area contributed by atoms with Crippen LogP contribution in [-0.4, -0.2) is 31.6 Å². The van der Waals surface area contributed by atoms with E-state index in [9.17, 15) is 9.59 Å². The molecule has 1 aliphatic rings. The average molecular weight is 524 g/mol. The first-order valence-corrected chi connectivity index (χ1v) is 12.1. The zero-order chi connectivity index (χ0) is 25.6. The first kappa shape index (κ1) is 24.2. The van der Waals surface area contributed by atoms with Crippen LogP contribution in [-0.2, 0) is 6.42 Å². The fourth-order valence-electron chi connectivity index (χ4n) is 4.65. The molecule has 1 aromatic heterocycles. The smallest absolute Gasteiger partial charge is 0.290 e. The van der Waals surface area contributed by atoms with Gasteiger partial charge in [0, 0.05) is 16.6 Å². The molecule has 8 heteroatoms. The van der Waals surface area contributed by atoms with Crippen LogP contribution in [0.1, 0.15) is 38.9 Å². The van der Waals surface area contributed by atoms with E-state index in [1.54, 1.807) is 43.4 Å². The van der Waals surface area contributed by atoms with E-state index < -0.39 is 6.04 Å². The first-order valence-electron chi connectivity index (χ1n) is 11.4. The number of hydrogen-bond donors (Lipinski definition) is 0. The number of halogens is 2. The predicted molar refractivity (Wildman–Crippen MR) is 140 cm³/mol. The number of hydrogen-bond acceptors (Lipinski definition) is 5. The van der Waals surface area contributed by atoms with Gasteiger partial charge in [0.25, 0.3) is 5.91 Å². The minimum absolute atomic E-state index is 0.0569. The largest absolute Gasteiger partial charge is 0.493 e. The molecule has 0 aliphatic carbocycles. The highest BCUT2D eigenvalue weighted by atomic mass is 35.5. The van der Waals surface area contributed by atoms with E-state index in [2.05, 4.69) is 0 Å². The fourth-order valence-corrected chi connectivity index (χ4v) is 4.94. The summed E-state index contributed by atoms with van der Waals surface area (Å²) in [7, 11) is 3.16. The second-order valence-electron chi connectivity index (χ2n) is 8.66. The Kier molecular flexibility index (Phi) is 6.41. The van der Waals surface area contributed by atoms with Crippen molar-refractivity contribution in [2.24, 2.45) is 0 Å². The van der Waals surface area contributed by atoms with E-state index in [1.807, 2.05) is 37.3 Å². The molecule has 0 N–H and O–H groups in total. The quantitative estimate of drug-likeness (QED) is 0.300. The van der Waals surface area contributed by atoms with Gasteiger partial charge in [0.2, 0.25) is 5.76 Å². The van der Waals surface area contributed by atoms with Gasteiger partial charge in [-0.2, -0.15) is 0 Å². The van der Waals surface area contributed by atoms with Crippen LogP contribution in [0.2, 0.25) is 10.0 Å². The second-order valence-corrected chi connectivity index (χ2v) is 9.51. The molecule has 1 amide bonds. The van der Waals surface area contributed by atoms with Gasteiger partial charge >= 0.3 is 0 Å². The summed E-state index contributed by atoms with van der Waals surface area (Å²) in [5.74, 6) is 0.953. The number of aryl methyl sites for hydroxylation is 1. The minimum Gasteiger partial charge on any atom is -0.493 e. The zero-order valence-corrected chi connectivity index (χ0v) is 21.4. The molecule has 0 bridgehead atoms. The number of rotatable bonds is 6. The number of methoxy groups -OCH3 is 2. The van der Waals surface area contributed by atoms with Gasteiger partial charge in [-0.3, -0.25) is 9.59 Å². The Morgan fingerprint density at radius 3 is 2.36 bits per heavy atom. The lowest BCUT2D eigenvalue weighted by Gasteiger charge is -2.25. The van der Waals surface area contributed by atoms with E-state index >= 15 is 0 Å². The highest BCUT2D eigenvalue weighted by molar-refractivity contribution is 6.32. The van der Waals surface area contributed by atoms with Crippen molar-refractivity contribution < 1.29 is 18.7 Å². The number of benzene rings is 3. The summed E-state index contributed by atoms with van der Waals surface area (Å²) in [6.07, 6.45) is 0.531. The van der Waals surface area contributed by atoms with Gasteiger partial charge in [0.05, 0.1) is 31.2 Å². The van der Waals surface area contributed by atoms with Crippen LogP contribution < -0.4 is 14.9 Å². The van der Waals surface area contributed by atoms with Crippen molar-refractivity contribution in [2.75, 3.05) is 20.8 Å². The maximum Gasteiger partial charge on any atom is 0.290 e. The van der Waals surface area contributed by atoms with Crippen LogP contribution in [0, 0.1) is 6.92 Å². The molecule has 1 unspecified atom stereocenters.